The summed E-state index contributed by atoms with van der Waals surface area (Å²) in [4.78, 5) is 11.4. The van der Waals surface area contributed by atoms with Gasteiger partial charge in [-0.2, -0.15) is 0 Å². The van der Waals surface area contributed by atoms with Crippen molar-refractivity contribution in [2.45, 2.75) is 13.3 Å². The van der Waals surface area contributed by atoms with Gasteiger partial charge in [0.2, 0.25) is 0 Å². The number of nitrogens with two attached hydrogens (primary N) is 1. The summed E-state index contributed by atoms with van der Waals surface area (Å²) in [5.41, 5.74) is 7.20. The Labute approximate surface area is 118 Å². The number of esters is 1. The van der Waals surface area contributed by atoms with Gasteiger partial charge in [0.1, 0.15) is 11.5 Å². The minimum atomic E-state index is -0.222. The fourth-order valence-corrected chi connectivity index (χ4v) is 1.73. The molecule has 0 unspecified atom stereocenters. The third-order valence-corrected chi connectivity index (χ3v) is 2.69. The molecule has 2 rings (SSSR count). The quantitative estimate of drug-likeness (QED) is 0.670. The van der Waals surface area contributed by atoms with Crippen molar-refractivity contribution in [3.63, 3.8) is 0 Å². The zero-order valence-corrected chi connectivity index (χ0v) is 11.3. The number of benzene rings is 2. The molecule has 0 bridgehead atoms. The van der Waals surface area contributed by atoms with E-state index in [9.17, 15) is 4.79 Å². The third-order valence-electron chi connectivity index (χ3n) is 2.69. The van der Waals surface area contributed by atoms with Gasteiger partial charge in [0.25, 0.3) is 0 Å². The largest absolute Gasteiger partial charge is 0.466 e. The fourth-order valence-electron chi connectivity index (χ4n) is 1.73. The fraction of sp³-hybridized carbons (Fsp3) is 0.188. The van der Waals surface area contributed by atoms with Gasteiger partial charge < -0.3 is 15.2 Å². The number of rotatable bonds is 5. The minimum Gasteiger partial charge on any atom is -0.466 e. The molecule has 4 nitrogen and oxygen atoms in total. The van der Waals surface area contributed by atoms with Gasteiger partial charge in [-0.25, -0.2) is 0 Å². The molecule has 2 aromatic rings. The van der Waals surface area contributed by atoms with E-state index in [2.05, 4.69) is 0 Å². The van der Waals surface area contributed by atoms with Gasteiger partial charge in [0.15, 0.2) is 0 Å². The van der Waals surface area contributed by atoms with Crippen LogP contribution in [0.25, 0.3) is 0 Å². The van der Waals surface area contributed by atoms with Gasteiger partial charge >= 0.3 is 5.97 Å². The van der Waals surface area contributed by atoms with Crippen LogP contribution in [0.5, 0.6) is 11.5 Å². The lowest BCUT2D eigenvalue weighted by Crippen LogP contribution is -2.07. The molecule has 0 amide bonds. The number of ether oxygens (including phenoxy) is 2. The van der Waals surface area contributed by atoms with Crippen molar-refractivity contribution < 1.29 is 14.3 Å². The highest BCUT2D eigenvalue weighted by Gasteiger charge is 2.04. The maximum absolute atomic E-state index is 11.4. The number of nitrogen functional groups attached to an aromatic ring is 1. The van der Waals surface area contributed by atoms with Crippen molar-refractivity contribution in [1.29, 1.82) is 0 Å². The van der Waals surface area contributed by atoms with Crippen LogP contribution in [-0.4, -0.2) is 12.6 Å². The average Bonchev–Trinajstić information content (AvgIpc) is 2.44. The van der Waals surface area contributed by atoms with Crippen molar-refractivity contribution in [2.75, 3.05) is 12.3 Å². The molecule has 0 saturated carbocycles. The van der Waals surface area contributed by atoms with Crippen LogP contribution in [0.3, 0.4) is 0 Å². The first-order valence-corrected chi connectivity index (χ1v) is 6.45. The molecular weight excluding hydrogens is 254 g/mol. The van der Waals surface area contributed by atoms with Crippen LogP contribution in [0.2, 0.25) is 0 Å². The van der Waals surface area contributed by atoms with E-state index >= 15 is 0 Å². The second kappa shape index (κ2) is 6.61. The van der Waals surface area contributed by atoms with Gasteiger partial charge in [-0.3, -0.25) is 4.79 Å². The Balaban J connectivity index is 1.97. The van der Waals surface area contributed by atoms with Crippen molar-refractivity contribution in [1.82, 2.24) is 0 Å². The van der Waals surface area contributed by atoms with Gasteiger partial charge in [-0.15, -0.1) is 0 Å². The maximum atomic E-state index is 11.4. The highest BCUT2D eigenvalue weighted by Crippen LogP contribution is 2.22. The molecule has 0 aromatic heterocycles. The van der Waals surface area contributed by atoms with Crippen LogP contribution in [0.15, 0.2) is 48.5 Å². The van der Waals surface area contributed by atoms with E-state index in [0.717, 1.165) is 11.3 Å². The molecule has 0 atom stereocenters. The Morgan fingerprint density at radius 3 is 2.10 bits per heavy atom. The number of hydrogen-bond donors (Lipinski definition) is 1. The lowest BCUT2D eigenvalue weighted by Gasteiger charge is -2.07. The molecule has 20 heavy (non-hydrogen) atoms. The molecule has 0 aliphatic heterocycles. The number of anilines is 1. The van der Waals surface area contributed by atoms with Crippen molar-refractivity contribution >= 4 is 11.7 Å². The van der Waals surface area contributed by atoms with Gasteiger partial charge in [0, 0.05) is 5.69 Å². The Morgan fingerprint density at radius 1 is 1.00 bits per heavy atom. The van der Waals surface area contributed by atoms with Crippen LogP contribution in [0.1, 0.15) is 12.5 Å². The smallest absolute Gasteiger partial charge is 0.310 e. The molecule has 4 heteroatoms. The van der Waals surface area contributed by atoms with Crippen LogP contribution >= 0.6 is 0 Å². The van der Waals surface area contributed by atoms with Gasteiger partial charge in [0.05, 0.1) is 13.0 Å². The summed E-state index contributed by atoms with van der Waals surface area (Å²) in [6.07, 6.45) is 0.274. The molecule has 104 valence electrons. The molecule has 0 spiro atoms. The second-order valence-corrected chi connectivity index (χ2v) is 4.30. The topological polar surface area (TPSA) is 61.5 Å². The zero-order chi connectivity index (χ0) is 14.4. The van der Waals surface area contributed by atoms with E-state index in [1.165, 1.54) is 0 Å². The summed E-state index contributed by atoms with van der Waals surface area (Å²) in [5.74, 6) is 1.21. The highest BCUT2D eigenvalue weighted by atomic mass is 16.5. The highest BCUT2D eigenvalue weighted by molar-refractivity contribution is 5.72. The molecule has 0 aliphatic carbocycles. The van der Waals surface area contributed by atoms with Crippen molar-refractivity contribution in [3.8, 4) is 11.5 Å². The number of hydrogen-bond acceptors (Lipinski definition) is 4. The molecule has 2 aromatic carbocycles. The number of carbonyl (C=O) groups excluding carboxylic acids is 1. The third kappa shape index (κ3) is 4.02. The normalized spacial score (nSPS) is 10.1. The first-order chi connectivity index (χ1) is 9.67. The minimum absolute atomic E-state index is 0.222. The maximum Gasteiger partial charge on any atom is 0.310 e. The molecule has 2 N–H and O–H groups in total. The van der Waals surface area contributed by atoms with E-state index in [0.29, 0.717) is 18.0 Å². The van der Waals surface area contributed by atoms with Gasteiger partial charge in [-0.05, 0) is 48.9 Å². The van der Waals surface area contributed by atoms with E-state index < -0.39 is 0 Å². The number of carbonyl (C=O) groups is 1. The summed E-state index contributed by atoms with van der Waals surface area (Å²) >= 11 is 0. The van der Waals surface area contributed by atoms with Crippen LogP contribution < -0.4 is 10.5 Å². The van der Waals surface area contributed by atoms with Gasteiger partial charge in [-0.1, -0.05) is 12.1 Å². The molecular formula is C16H17NO3. The van der Waals surface area contributed by atoms with E-state index in [4.69, 9.17) is 15.2 Å². The van der Waals surface area contributed by atoms with Crippen LogP contribution in [0, 0.1) is 0 Å². The predicted molar refractivity (Wildman–Crippen MR) is 77.7 cm³/mol. The monoisotopic (exact) mass is 271 g/mol. The van der Waals surface area contributed by atoms with Crippen LogP contribution in [-0.2, 0) is 16.0 Å². The molecule has 0 radical (unpaired) electrons. The first kappa shape index (κ1) is 13.9. The average molecular weight is 271 g/mol. The van der Waals surface area contributed by atoms with Crippen molar-refractivity contribution in [3.05, 3.63) is 54.1 Å². The van der Waals surface area contributed by atoms with Crippen molar-refractivity contribution in [2.24, 2.45) is 0 Å². The molecule has 0 aliphatic rings. The lowest BCUT2D eigenvalue weighted by atomic mass is 10.1. The Kier molecular flexibility index (Phi) is 4.60. The Hall–Kier alpha value is -2.49. The lowest BCUT2D eigenvalue weighted by molar-refractivity contribution is -0.142. The summed E-state index contributed by atoms with van der Waals surface area (Å²) < 4.78 is 10.6. The summed E-state index contributed by atoms with van der Waals surface area (Å²) in [5, 5.41) is 0. The summed E-state index contributed by atoms with van der Waals surface area (Å²) in [7, 11) is 0. The Bertz CT molecular complexity index is 561. The van der Waals surface area contributed by atoms with E-state index in [1.54, 1.807) is 19.1 Å². The van der Waals surface area contributed by atoms with E-state index in [1.807, 2.05) is 36.4 Å². The first-order valence-electron chi connectivity index (χ1n) is 6.45. The zero-order valence-electron chi connectivity index (χ0n) is 11.3. The predicted octanol–water partition coefficient (Wildman–Crippen LogP) is 3.17. The van der Waals surface area contributed by atoms with E-state index in [-0.39, 0.29) is 12.4 Å². The molecule has 0 heterocycles. The summed E-state index contributed by atoms with van der Waals surface area (Å²) in [6, 6.07) is 14.5. The SMILES string of the molecule is CCOC(=O)Cc1ccc(Oc2ccc(N)cc2)cc1. The molecule has 0 fully saturated rings. The second-order valence-electron chi connectivity index (χ2n) is 4.30. The van der Waals surface area contributed by atoms with Crippen LogP contribution in [0.4, 0.5) is 5.69 Å². The molecule has 0 saturated heterocycles. The summed E-state index contributed by atoms with van der Waals surface area (Å²) in [6.45, 7) is 2.19. The standard InChI is InChI=1S/C16H17NO3/c1-2-19-16(18)11-12-3-7-14(8-4-12)20-15-9-5-13(17)6-10-15/h3-10H,2,11,17H2,1H3. The Morgan fingerprint density at radius 2 is 1.55 bits per heavy atom.